The summed E-state index contributed by atoms with van der Waals surface area (Å²) in [5.41, 5.74) is -0.309. The fraction of sp³-hybridized carbons (Fsp3) is 0.692. The first-order valence-electron chi connectivity index (χ1n) is 6.89. The average Bonchev–Trinajstić information content (AvgIpc) is 2.69. The smallest absolute Gasteiger partial charge is 0.245 e. The second kappa shape index (κ2) is 6.17. The second-order valence-electron chi connectivity index (χ2n) is 5.55. The number of hydrogen-bond donors (Lipinski definition) is 2. The lowest BCUT2D eigenvalue weighted by Gasteiger charge is -2.38. The Morgan fingerprint density at radius 3 is 2.70 bits per heavy atom. The van der Waals surface area contributed by atoms with E-state index in [4.69, 9.17) is 4.42 Å². The summed E-state index contributed by atoms with van der Waals surface area (Å²) in [5.74, 6) is 0.615. The van der Waals surface area contributed by atoms with Gasteiger partial charge in [0.2, 0.25) is 10.0 Å². The fourth-order valence-electron chi connectivity index (χ4n) is 2.25. The maximum atomic E-state index is 12.4. The molecule has 1 fully saturated rings. The van der Waals surface area contributed by atoms with Crippen LogP contribution in [-0.2, 0) is 16.6 Å². The van der Waals surface area contributed by atoms with Gasteiger partial charge < -0.3 is 9.73 Å². The molecule has 2 N–H and O–H groups in total. The molecule has 1 aromatic heterocycles. The molecule has 0 radical (unpaired) electrons. The quantitative estimate of drug-likeness (QED) is 0.729. The van der Waals surface area contributed by atoms with E-state index in [0.29, 0.717) is 12.3 Å². The van der Waals surface area contributed by atoms with E-state index in [1.165, 1.54) is 0 Å². The number of furan rings is 1. The van der Waals surface area contributed by atoms with Crippen molar-refractivity contribution in [3.8, 4) is 0 Å². The van der Waals surface area contributed by atoms with Gasteiger partial charge in [-0.1, -0.05) is 6.92 Å². The maximum absolute atomic E-state index is 12.4. The summed E-state index contributed by atoms with van der Waals surface area (Å²) in [4.78, 5) is 0.180. The number of nitrogens with one attached hydrogen (secondary N) is 2. The molecule has 1 aliphatic carbocycles. The van der Waals surface area contributed by atoms with E-state index in [1.54, 1.807) is 6.07 Å². The van der Waals surface area contributed by atoms with Gasteiger partial charge in [0.25, 0.3) is 0 Å². The molecule has 1 aliphatic rings. The first-order valence-corrected chi connectivity index (χ1v) is 9.17. The SMILES string of the molecule is CCCNCc1cc(S(=O)(=O)NC2(C)CCC2)c(Br)o1. The summed E-state index contributed by atoms with van der Waals surface area (Å²) >= 11 is 3.20. The average molecular weight is 365 g/mol. The third-order valence-corrected chi connectivity index (χ3v) is 6.06. The van der Waals surface area contributed by atoms with Crippen LogP contribution in [0.25, 0.3) is 0 Å². The van der Waals surface area contributed by atoms with Crippen molar-refractivity contribution in [3.63, 3.8) is 0 Å². The normalized spacial score (nSPS) is 17.9. The van der Waals surface area contributed by atoms with Gasteiger partial charge in [-0.25, -0.2) is 13.1 Å². The maximum Gasteiger partial charge on any atom is 0.245 e. The fourth-order valence-corrected chi connectivity index (χ4v) is 4.71. The van der Waals surface area contributed by atoms with Crippen LogP contribution in [0.1, 0.15) is 45.3 Å². The van der Waals surface area contributed by atoms with Crippen molar-refractivity contribution in [2.75, 3.05) is 6.54 Å². The van der Waals surface area contributed by atoms with E-state index in [2.05, 4.69) is 32.9 Å². The van der Waals surface area contributed by atoms with Crippen LogP contribution in [0, 0.1) is 0 Å². The van der Waals surface area contributed by atoms with Crippen LogP contribution in [-0.4, -0.2) is 20.5 Å². The lowest BCUT2D eigenvalue weighted by atomic mass is 9.80. The van der Waals surface area contributed by atoms with E-state index < -0.39 is 10.0 Å². The lowest BCUT2D eigenvalue weighted by molar-refractivity contribution is 0.248. The molecule has 1 heterocycles. The second-order valence-corrected chi connectivity index (χ2v) is 7.92. The van der Waals surface area contributed by atoms with Crippen LogP contribution in [0.4, 0.5) is 0 Å². The van der Waals surface area contributed by atoms with Gasteiger partial charge in [0.05, 0.1) is 6.54 Å². The number of hydrogen-bond acceptors (Lipinski definition) is 4. The van der Waals surface area contributed by atoms with Gasteiger partial charge in [-0.3, -0.25) is 0 Å². The number of sulfonamides is 1. The molecule has 2 rings (SSSR count). The number of rotatable bonds is 7. The van der Waals surface area contributed by atoms with Gasteiger partial charge in [0.15, 0.2) is 4.67 Å². The van der Waals surface area contributed by atoms with Crippen molar-refractivity contribution in [3.05, 3.63) is 16.5 Å². The molecule has 0 atom stereocenters. The zero-order valence-corrected chi connectivity index (χ0v) is 14.2. The standard InChI is InChI=1S/C13H21BrN2O3S/c1-3-7-15-9-10-8-11(12(14)19-10)20(17,18)16-13(2)5-4-6-13/h8,15-16H,3-7,9H2,1-2H3. The molecule has 0 spiro atoms. The van der Waals surface area contributed by atoms with Crippen molar-refractivity contribution in [1.29, 1.82) is 0 Å². The Labute approximate surface area is 128 Å². The van der Waals surface area contributed by atoms with Crippen LogP contribution in [0.15, 0.2) is 20.0 Å². The molecule has 1 saturated carbocycles. The van der Waals surface area contributed by atoms with E-state index in [0.717, 1.165) is 32.2 Å². The van der Waals surface area contributed by atoms with Crippen molar-refractivity contribution in [2.24, 2.45) is 0 Å². The Morgan fingerprint density at radius 2 is 2.15 bits per heavy atom. The van der Waals surface area contributed by atoms with Crippen LogP contribution >= 0.6 is 15.9 Å². The highest BCUT2D eigenvalue weighted by Gasteiger charge is 2.37. The molecule has 114 valence electrons. The Kier molecular flexibility index (Phi) is 4.94. The van der Waals surface area contributed by atoms with E-state index >= 15 is 0 Å². The van der Waals surface area contributed by atoms with Gasteiger partial charge in [-0.2, -0.15) is 0 Å². The summed E-state index contributed by atoms with van der Waals surface area (Å²) in [6.45, 7) is 5.41. The molecule has 0 unspecified atom stereocenters. The lowest BCUT2D eigenvalue weighted by Crippen LogP contribution is -2.50. The van der Waals surface area contributed by atoms with Crippen LogP contribution < -0.4 is 10.0 Å². The summed E-state index contributed by atoms with van der Waals surface area (Å²) in [6, 6.07) is 1.58. The highest BCUT2D eigenvalue weighted by molar-refractivity contribution is 9.10. The monoisotopic (exact) mass is 364 g/mol. The molecule has 7 heteroatoms. The summed E-state index contributed by atoms with van der Waals surface area (Å²) < 4.78 is 33.2. The Balaban J connectivity index is 2.10. The first kappa shape index (κ1) is 16.0. The molecule has 5 nitrogen and oxygen atoms in total. The predicted molar refractivity (Wildman–Crippen MR) is 81.0 cm³/mol. The molecule has 0 aliphatic heterocycles. The third kappa shape index (κ3) is 3.63. The molecule has 0 bridgehead atoms. The minimum atomic E-state index is -3.54. The van der Waals surface area contributed by atoms with Crippen LogP contribution in [0.5, 0.6) is 0 Å². The summed E-state index contributed by atoms with van der Waals surface area (Å²) in [7, 11) is -3.54. The minimum absolute atomic E-state index is 0.180. The van der Waals surface area contributed by atoms with Crippen LogP contribution in [0.2, 0.25) is 0 Å². The molecule has 0 amide bonds. The predicted octanol–water partition coefficient (Wildman–Crippen LogP) is 2.76. The zero-order chi connectivity index (χ0) is 14.8. The van der Waals surface area contributed by atoms with Gasteiger partial charge in [0.1, 0.15) is 10.7 Å². The van der Waals surface area contributed by atoms with Crippen molar-refractivity contribution in [1.82, 2.24) is 10.0 Å². The topological polar surface area (TPSA) is 71.3 Å². The third-order valence-electron chi connectivity index (χ3n) is 3.56. The first-order chi connectivity index (χ1) is 9.36. The summed E-state index contributed by atoms with van der Waals surface area (Å²) in [5, 5.41) is 3.18. The highest BCUT2D eigenvalue weighted by atomic mass is 79.9. The molecule has 0 aromatic carbocycles. The van der Waals surface area contributed by atoms with Crippen molar-refractivity contribution < 1.29 is 12.8 Å². The minimum Gasteiger partial charge on any atom is -0.452 e. The Morgan fingerprint density at radius 1 is 1.45 bits per heavy atom. The van der Waals surface area contributed by atoms with Gasteiger partial charge in [-0.15, -0.1) is 0 Å². The van der Waals surface area contributed by atoms with Crippen LogP contribution in [0.3, 0.4) is 0 Å². The largest absolute Gasteiger partial charge is 0.452 e. The zero-order valence-electron chi connectivity index (χ0n) is 11.8. The van der Waals surface area contributed by atoms with Gasteiger partial charge in [0, 0.05) is 11.6 Å². The molecule has 0 saturated heterocycles. The van der Waals surface area contributed by atoms with E-state index in [1.807, 2.05) is 6.92 Å². The summed E-state index contributed by atoms with van der Waals surface area (Å²) in [6.07, 6.45) is 3.85. The Bertz CT molecular complexity index is 564. The molecule has 20 heavy (non-hydrogen) atoms. The highest BCUT2D eigenvalue weighted by Crippen LogP contribution is 2.34. The van der Waals surface area contributed by atoms with Crippen molar-refractivity contribution >= 4 is 26.0 Å². The van der Waals surface area contributed by atoms with E-state index in [9.17, 15) is 8.42 Å². The van der Waals surface area contributed by atoms with Gasteiger partial charge >= 0.3 is 0 Å². The number of halogens is 1. The van der Waals surface area contributed by atoms with Gasteiger partial charge in [-0.05, 0) is 55.1 Å². The molecular weight excluding hydrogens is 344 g/mol. The van der Waals surface area contributed by atoms with Crippen molar-refractivity contribution in [2.45, 2.75) is 56.5 Å². The Hall–Kier alpha value is -0.370. The molecular formula is C13H21BrN2O3S. The molecule has 1 aromatic rings. The van der Waals surface area contributed by atoms with E-state index in [-0.39, 0.29) is 15.1 Å².